The second kappa shape index (κ2) is 24.5. The Morgan fingerprint density at radius 3 is 1.81 bits per heavy atom. The molecule has 4 N–H and O–H groups in total. The molecule has 0 bridgehead atoms. The highest BCUT2D eigenvalue weighted by Gasteiger charge is 2.27. The Labute approximate surface area is 303 Å². The Bertz CT molecular complexity index is 1350. The first-order valence-electron chi connectivity index (χ1n) is 17.1. The second-order valence-electron chi connectivity index (χ2n) is 11.9. The number of ether oxygens (including phenoxy) is 5. The minimum atomic E-state index is -0.876. The lowest BCUT2D eigenvalue weighted by Gasteiger charge is -2.24. The van der Waals surface area contributed by atoms with E-state index >= 15 is 0 Å². The maximum Gasteiger partial charge on any atom is 0.302 e. The molecule has 1 heterocycles. The van der Waals surface area contributed by atoms with Crippen LogP contribution in [0.4, 0.5) is 5.69 Å². The van der Waals surface area contributed by atoms with E-state index in [4.69, 9.17) is 23.7 Å². The van der Waals surface area contributed by atoms with Crippen LogP contribution in [0.2, 0.25) is 0 Å². The number of esters is 1. The molecule has 2 atom stereocenters. The molecule has 0 unspecified atom stereocenters. The average Bonchev–Trinajstić information content (AvgIpc) is 3.43. The first-order valence-corrected chi connectivity index (χ1v) is 17.1. The van der Waals surface area contributed by atoms with E-state index in [0.717, 1.165) is 10.5 Å². The van der Waals surface area contributed by atoms with Gasteiger partial charge in [-0.25, -0.2) is 0 Å². The van der Waals surface area contributed by atoms with Crippen molar-refractivity contribution < 1.29 is 57.2 Å². The molecule has 17 nitrogen and oxygen atoms in total. The van der Waals surface area contributed by atoms with Gasteiger partial charge in [0.05, 0.1) is 52.9 Å². The van der Waals surface area contributed by atoms with E-state index in [1.54, 1.807) is 45.0 Å². The predicted octanol–water partition coefficient (Wildman–Crippen LogP) is 0.222. The Morgan fingerprint density at radius 2 is 1.25 bits per heavy atom. The molecule has 288 valence electrons. The zero-order valence-corrected chi connectivity index (χ0v) is 30.2. The molecule has 0 aliphatic carbocycles. The standard InChI is InChI=1S/C35H51N5O12/c1-24(2)33(35(47)37-25(3)34(46)38-28-7-5-27(6-8-28)23-52-26(4)41)39-30(43)12-15-48-17-19-50-21-22-51-20-18-49-16-13-36-29(42)11-14-40-31(44)9-10-32(40)45/h5-10,24-25,33H,11-23H2,1-4H3,(H,36,42)(H,37,47)(H,38,46)(H,39,43)/t25-,33-/m0/s1. The number of amides is 6. The fourth-order valence-corrected chi connectivity index (χ4v) is 4.41. The van der Waals surface area contributed by atoms with Crippen LogP contribution in [0, 0.1) is 5.92 Å². The summed E-state index contributed by atoms with van der Waals surface area (Å²) in [5.74, 6) is -3.05. The molecule has 1 aromatic carbocycles. The first kappa shape index (κ1) is 43.5. The van der Waals surface area contributed by atoms with E-state index in [1.165, 1.54) is 19.1 Å². The van der Waals surface area contributed by atoms with Gasteiger partial charge in [-0.15, -0.1) is 0 Å². The van der Waals surface area contributed by atoms with E-state index in [-0.39, 0.29) is 70.1 Å². The molecular formula is C35H51N5O12. The summed E-state index contributed by atoms with van der Waals surface area (Å²) in [7, 11) is 0. The summed E-state index contributed by atoms with van der Waals surface area (Å²) in [6, 6.07) is 5.02. The number of hydrogen-bond donors (Lipinski definition) is 4. The molecule has 0 saturated heterocycles. The molecule has 6 amide bonds. The Hall–Kier alpha value is -4.71. The minimum absolute atomic E-state index is 0.0210. The van der Waals surface area contributed by atoms with Crippen molar-refractivity contribution in [2.24, 2.45) is 5.92 Å². The number of carbonyl (C=O) groups is 7. The molecule has 0 saturated carbocycles. The molecule has 17 heteroatoms. The summed E-state index contributed by atoms with van der Waals surface area (Å²) < 4.78 is 26.6. The van der Waals surface area contributed by atoms with E-state index in [9.17, 15) is 33.6 Å². The summed E-state index contributed by atoms with van der Waals surface area (Å²) in [4.78, 5) is 84.8. The Kier molecular flexibility index (Phi) is 20.4. The first-order chi connectivity index (χ1) is 24.9. The zero-order valence-electron chi connectivity index (χ0n) is 30.2. The lowest BCUT2D eigenvalue weighted by atomic mass is 10.0. The third-order valence-electron chi connectivity index (χ3n) is 7.30. The summed E-state index contributed by atoms with van der Waals surface area (Å²) in [5, 5.41) is 10.7. The van der Waals surface area contributed by atoms with E-state index < -0.39 is 41.7 Å². The van der Waals surface area contributed by atoms with Gasteiger partial charge in [0.2, 0.25) is 23.6 Å². The largest absolute Gasteiger partial charge is 0.461 e. The van der Waals surface area contributed by atoms with Crippen LogP contribution in [0.25, 0.3) is 0 Å². The average molecular weight is 734 g/mol. The predicted molar refractivity (Wildman–Crippen MR) is 186 cm³/mol. The van der Waals surface area contributed by atoms with Gasteiger partial charge in [-0.1, -0.05) is 26.0 Å². The lowest BCUT2D eigenvalue weighted by molar-refractivity contribution is -0.142. The van der Waals surface area contributed by atoms with Gasteiger partial charge in [0.25, 0.3) is 11.8 Å². The van der Waals surface area contributed by atoms with Crippen molar-refractivity contribution in [2.75, 3.05) is 71.3 Å². The van der Waals surface area contributed by atoms with Crippen LogP contribution in [0.1, 0.15) is 46.1 Å². The molecule has 1 aliphatic heterocycles. The SMILES string of the molecule is CC(=O)OCc1ccc(NC(=O)[C@H](C)NC(=O)[C@@H](NC(=O)CCOCCOCCOCCOCCNC(=O)CCN2C(=O)C=CC2=O)C(C)C)cc1. The Balaban J connectivity index is 1.46. The van der Waals surface area contributed by atoms with Crippen molar-refractivity contribution in [1.29, 1.82) is 0 Å². The van der Waals surface area contributed by atoms with Crippen molar-refractivity contribution in [3.8, 4) is 0 Å². The normalized spacial score (nSPS) is 13.5. The summed E-state index contributed by atoms with van der Waals surface area (Å²) >= 11 is 0. The molecular weight excluding hydrogens is 682 g/mol. The van der Waals surface area contributed by atoms with Crippen LogP contribution in [0.15, 0.2) is 36.4 Å². The van der Waals surface area contributed by atoms with Crippen molar-refractivity contribution in [3.05, 3.63) is 42.0 Å². The lowest BCUT2D eigenvalue weighted by Crippen LogP contribution is -2.53. The van der Waals surface area contributed by atoms with Crippen molar-refractivity contribution in [3.63, 3.8) is 0 Å². The number of benzene rings is 1. The molecule has 1 aliphatic rings. The highest BCUT2D eigenvalue weighted by atomic mass is 16.6. The molecule has 1 aromatic rings. The van der Waals surface area contributed by atoms with Crippen LogP contribution < -0.4 is 21.3 Å². The molecule has 52 heavy (non-hydrogen) atoms. The topological polar surface area (TPSA) is 217 Å². The summed E-state index contributed by atoms with van der Waals surface area (Å²) in [6.45, 7) is 9.20. The number of anilines is 1. The fraction of sp³-hybridized carbons (Fsp3) is 0.571. The van der Waals surface area contributed by atoms with Crippen molar-refractivity contribution in [2.45, 2.75) is 59.2 Å². The highest BCUT2D eigenvalue weighted by Crippen LogP contribution is 2.11. The molecule has 0 fully saturated rings. The molecule has 2 rings (SSSR count). The maximum absolute atomic E-state index is 12.9. The molecule has 0 radical (unpaired) electrons. The van der Waals surface area contributed by atoms with Crippen LogP contribution in [0.3, 0.4) is 0 Å². The van der Waals surface area contributed by atoms with Gasteiger partial charge in [-0.2, -0.15) is 0 Å². The number of carbonyl (C=O) groups excluding carboxylic acids is 7. The van der Waals surface area contributed by atoms with Gasteiger partial charge in [0, 0.05) is 50.7 Å². The van der Waals surface area contributed by atoms with Gasteiger partial charge in [0.1, 0.15) is 18.7 Å². The molecule has 0 aromatic heterocycles. The number of nitrogens with zero attached hydrogens (tertiary/aromatic N) is 1. The van der Waals surface area contributed by atoms with Crippen molar-refractivity contribution >= 4 is 47.1 Å². The van der Waals surface area contributed by atoms with Crippen LogP contribution in [-0.4, -0.2) is 124 Å². The van der Waals surface area contributed by atoms with Gasteiger partial charge in [-0.3, -0.25) is 38.5 Å². The number of imide groups is 1. The highest BCUT2D eigenvalue weighted by molar-refractivity contribution is 6.13. The third-order valence-corrected chi connectivity index (χ3v) is 7.30. The monoisotopic (exact) mass is 733 g/mol. The third kappa shape index (κ3) is 18.0. The smallest absolute Gasteiger partial charge is 0.302 e. The summed E-state index contributed by atoms with van der Waals surface area (Å²) in [5.41, 5.74) is 1.27. The van der Waals surface area contributed by atoms with Gasteiger partial charge in [0.15, 0.2) is 0 Å². The minimum Gasteiger partial charge on any atom is -0.461 e. The maximum atomic E-state index is 12.9. The molecule has 0 spiro atoms. The Morgan fingerprint density at radius 1 is 0.692 bits per heavy atom. The van der Waals surface area contributed by atoms with Gasteiger partial charge in [-0.05, 0) is 30.5 Å². The summed E-state index contributed by atoms with van der Waals surface area (Å²) in [6.07, 6.45) is 2.40. The van der Waals surface area contributed by atoms with E-state index in [2.05, 4.69) is 21.3 Å². The number of nitrogens with one attached hydrogen (secondary N) is 4. The van der Waals surface area contributed by atoms with Crippen molar-refractivity contribution in [1.82, 2.24) is 20.9 Å². The zero-order chi connectivity index (χ0) is 38.3. The van der Waals surface area contributed by atoms with Crippen LogP contribution in [0.5, 0.6) is 0 Å². The number of hydrogen-bond acceptors (Lipinski definition) is 12. The van der Waals surface area contributed by atoms with Crippen LogP contribution in [-0.2, 0) is 63.9 Å². The van der Waals surface area contributed by atoms with Crippen LogP contribution >= 0.6 is 0 Å². The van der Waals surface area contributed by atoms with Gasteiger partial charge < -0.3 is 45.0 Å². The van der Waals surface area contributed by atoms with Gasteiger partial charge >= 0.3 is 5.97 Å². The van der Waals surface area contributed by atoms with E-state index in [0.29, 0.717) is 38.7 Å². The number of rotatable bonds is 26. The van der Waals surface area contributed by atoms with E-state index in [1.807, 2.05) is 0 Å². The second-order valence-corrected chi connectivity index (χ2v) is 11.9. The quantitative estimate of drug-likeness (QED) is 0.0572. The fourth-order valence-electron chi connectivity index (χ4n) is 4.41.